The van der Waals surface area contributed by atoms with E-state index in [1.165, 1.54) is 4.31 Å². The maximum absolute atomic E-state index is 13.0. The standard InChI is InChI=1S/C15H28N4O3S/c1-11(2)15-16-14(17-22-15)13-9-7-6-8-10-19(13)23(20,21)18(5)12(3)4/h11-13H,6-10H2,1-5H3. The van der Waals surface area contributed by atoms with Gasteiger partial charge in [-0.1, -0.05) is 31.8 Å². The molecule has 0 amide bonds. The van der Waals surface area contributed by atoms with E-state index in [2.05, 4.69) is 10.1 Å². The molecule has 1 unspecified atom stereocenters. The van der Waals surface area contributed by atoms with Crippen molar-refractivity contribution in [2.75, 3.05) is 13.6 Å². The van der Waals surface area contributed by atoms with Gasteiger partial charge < -0.3 is 4.52 Å². The first kappa shape index (κ1) is 18.4. The SMILES string of the molecule is CC(C)c1nc(C2CCCCCN2S(=O)(=O)N(C)C(C)C)no1. The third-order valence-corrected chi connectivity index (χ3v) is 6.52. The fraction of sp³-hybridized carbons (Fsp3) is 0.867. The zero-order valence-corrected chi connectivity index (χ0v) is 15.5. The van der Waals surface area contributed by atoms with Crippen molar-refractivity contribution in [2.45, 2.75) is 71.4 Å². The summed E-state index contributed by atoms with van der Waals surface area (Å²) >= 11 is 0. The molecule has 0 N–H and O–H groups in total. The molecule has 0 radical (unpaired) electrons. The monoisotopic (exact) mass is 344 g/mol. The van der Waals surface area contributed by atoms with Crippen LogP contribution in [0.4, 0.5) is 0 Å². The summed E-state index contributed by atoms with van der Waals surface area (Å²) in [5, 5.41) is 4.06. The zero-order chi connectivity index (χ0) is 17.2. The summed E-state index contributed by atoms with van der Waals surface area (Å²) in [4.78, 5) is 4.44. The molecule has 1 aliphatic rings. The van der Waals surface area contributed by atoms with Gasteiger partial charge in [0.1, 0.15) is 0 Å². The van der Waals surface area contributed by atoms with Gasteiger partial charge in [-0.25, -0.2) is 0 Å². The van der Waals surface area contributed by atoms with Crippen molar-refractivity contribution in [1.82, 2.24) is 18.8 Å². The van der Waals surface area contributed by atoms with Gasteiger partial charge in [-0.05, 0) is 26.7 Å². The number of hydrogen-bond donors (Lipinski definition) is 0. The Morgan fingerprint density at radius 3 is 2.48 bits per heavy atom. The Morgan fingerprint density at radius 2 is 1.91 bits per heavy atom. The zero-order valence-electron chi connectivity index (χ0n) is 14.7. The fourth-order valence-electron chi connectivity index (χ4n) is 2.66. The molecule has 8 heteroatoms. The third-order valence-electron chi connectivity index (χ3n) is 4.34. The Labute approximate surface area is 139 Å². The average molecular weight is 344 g/mol. The van der Waals surface area contributed by atoms with Gasteiger partial charge in [0.05, 0.1) is 6.04 Å². The highest BCUT2D eigenvalue weighted by molar-refractivity contribution is 7.86. The summed E-state index contributed by atoms with van der Waals surface area (Å²) < 4.78 is 34.2. The largest absolute Gasteiger partial charge is 0.339 e. The maximum atomic E-state index is 13.0. The number of rotatable bonds is 5. The van der Waals surface area contributed by atoms with Gasteiger partial charge in [0.2, 0.25) is 5.89 Å². The van der Waals surface area contributed by atoms with Gasteiger partial charge in [0, 0.05) is 25.6 Å². The molecule has 1 aromatic heterocycles. The number of hydrogen-bond acceptors (Lipinski definition) is 5. The Morgan fingerprint density at radius 1 is 1.22 bits per heavy atom. The summed E-state index contributed by atoms with van der Waals surface area (Å²) in [7, 11) is -1.93. The van der Waals surface area contributed by atoms with Crippen LogP contribution in [0.25, 0.3) is 0 Å². The molecule has 23 heavy (non-hydrogen) atoms. The van der Waals surface area contributed by atoms with E-state index in [1.807, 2.05) is 27.7 Å². The van der Waals surface area contributed by atoms with E-state index in [0.29, 0.717) is 18.3 Å². The predicted octanol–water partition coefficient (Wildman–Crippen LogP) is 2.70. The average Bonchev–Trinajstić information content (AvgIpc) is 2.84. The van der Waals surface area contributed by atoms with Crippen LogP contribution in [-0.2, 0) is 10.2 Å². The smallest absolute Gasteiger partial charge is 0.282 e. The van der Waals surface area contributed by atoms with Crippen LogP contribution in [0.5, 0.6) is 0 Å². The van der Waals surface area contributed by atoms with Crippen LogP contribution in [0.15, 0.2) is 4.52 Å². The second-order valence-electron chi connectivity index (χ2n) is 6.74. The minimum absolute atomic E-state index is 0.0969. The molecule has 0 aromatic carbocycles. The molecule has 1 saturated heterocycles. The summed E-state index contributed by atoms with van der Waals surface area (Å²) in [6, 6.07) is -0.444. The molecular weight excluding hydrogens is 316 g/mol. The summed E-state index contributed by atoms with van der Waals surface area (Å²) in [6.07, 6.45) is 3.56. The van der Waals surface area contributed by atoms with Gasteiger partial charge in [-0.3, -0.25) is 0 Å². The van der Waals surface area contributed by atoms with E-state index in [1.54, 1.807) is 11.4 Å². The molecule has 2 rings (SSSR count). The van der Waals surface area contributed by atoms with Crippen LogP contribution in [-0.4, -0.2) is 46.8 Å². The molecule has 0 saturated carbocycles. The van der Waals surface area contributed by atoms with Crippen molar-refractivity contribution in [2.24, 2.45) is 0 Å². The number of aromatic nitrogens is 2. The lowest BCUT2D eigenvalue weighted by atomic mass is 10.1. The maximum Gasteiger partial charge on any atom is 0.282 e. The van der Waals surface area contributed by atoms with Crippen molar-refractivity contribution < 1.29 is 12.9 Å². The minimum atomic E-state index is -3.55. The molecule has 1 fully saturated rings. The van der Waals surface area contributed by atoms with Crippen LogP contribution < -0.4 is 0 Å². The molecule has 0 aliphatic carbocycles. The Balaban J connectivity index is 2.36. The molecular formula is C15H28N4O3S. The Kier molecular flexibility index (Phi) is 5.80. The molecule has 0 spiro atoms. The first-order valence-electron chi connectivity index (χ1n) is 8.33. The van der Waals surface area contributed by atoms with Gasteiger partial charge in [-0.2, -0.15) is 22.0 Å². The van der Waals surface area contributed by atoms with E-state index >= 15 is 0 Å². The second kappa shape index (κ2) is 7.27. The van der Waals surface area contributed by atoms with E-state index in [0.717, 1.165) is 25.7 Å². The minimum Gasteiger partial charge on any atom is -0.339 e. The quantitative estimate of drug-likeness (QED) is 0.820. The van der Waals surface area contributed by atoms with E-state index in [-0.39, 0.29) is 18.0 Å². The summed E-state index contributed by atoms with van der Waals surface area (Å²) in [5.41, 5.74) is 0. The Bertz CT molecular complexity index is 612. The van der Waals surface area contributed by atoms with Gasteiger partial charge in [-0.15, -0.1) is 0 Å². The number of nitrogens with zero attached hydrogens (tertiary/aromatic N) is 4. The topological polar surface area (TPSA) is 79.5 Å². The highest BCUT2D eigenvalue weighted by atomic mass is 32.2. The highest BCUT2D eigenvalue weighted by Gasteiger charge is 2.38. The highest BCUT2D eigenvalue weighted by Crippen LogP contribution is 2.32. The lowest BCUT2D eigenvalue weighted by Gasteiger charge is -2.32. The lowest BCUT2D eigenvalue weighted by molar-refractivity contribution is 0.271. The van der Waals surface area contributed by atoms with Crippen LogP contribution in [0, 0.1) is 0 Å². The van der Waals surface area contributed by atoms with E-state index < -0.39 is 10.2 Å². The normalized spacial score (nSPS) is 21.3. The van der Waals surface area contributed by atoms with Crippen molar-refractivity contribution in [3.63, 3.8) is 0 Å². The van der Waals surface area contributed by atoms with Crippen molar-refractivity contribution in [1.29, 1.82) is 0 Å². The van der Waals surface area contributed by atoms with Gasteiger partial charge >= 0.3 is 0 Å². The first-order valence-corrected chi connectivity index (χ1v) is 9.73. The van der Waals surface area contributed by atoms with Gasteiger partial charge in [0.25, 0.3) is 10.2 Å². The fourth-order valence-corrected chi connectivity index (χ4v) is 4.41. The van der Waals surface area contributed by atoms with Crippen LogP contribution >= 0.6 is 0 Å². The van der Waals surface area contributed by atoms with Gasteiger partial charge in [0.15, 0.2) is 5.82 Å². The molecule has 0 bridgehead atoms. The molecule has 7 nitrogen and oxygen atoms in total. The Hall–Kier alpha value is -0.990. The molecule has 1 aliphatic heterocycles. The molecule has 2 heterocycles. The molecule has 1 atom stereocenters. The van der Waals surface area contributed by atoms with Crippen LogP contribution in [0.3, 0.4) is 0 Å². The van der Waals surface area contributed by atoms with Crippen molar-refractivity contribution in [3.05, 3.63) is 11.7 Å². The first-order chi connectivity index (χ1) is 10.7. The van der Waals surface area contributed by atoms with Crippen molar-refractivity contribution in [3.8, 4) is 0 Å². The third kappa shape index (κ3) is 3.92. The van der Waals surface area contributed by atoms with E-state index in [4.69, 9.17) is 4.52 Å². The lowest BCUT2D eigenvalue weighted by Crippen LogP contribution is -2.46. The van der Waals surface area contributed by atoms with Crippen LogP contribution in [0.1, 0.15) is 77.1 Å². The summed E-state index contributed by atoms with van der Waals surface area (Å²) in [5.74, 6) is 1.17. The van der Waals surface area contributed by atoms with Crippen LogP contribution in [0.2, 0.25) is 0 Å². The predicted molar refractivity (Wildman–Crippen MR) is 88.1 cm³/mol. The summed E-state index contributed by atoms with van der Waals surface area (Å²) in [6.45, 7) is 8.19. The molecule has 132 valence electrons. The van der Waals surface area contributed by atoms with E-state index in [9.17, 15) is 8.42 Å². The molecule has 1 aromatic rings. The van der Waals surface area contributed by atoms with Crippen molar-refractivity contribution >= 4 is 10.2 Å². The second-order valence-corrected chi connectivity index (χ2v) is 8.68.